The van der Waals surface area contributed by atoms with Crippen molar-refractivity contribution in [2.24, 2.45) is 5.11 Å². The lowest BCUT2D eigenvalue weighted by Gasteiger charge is -2.09. The Morgan fingerprint density at radius 2 is 1.87 bits per heavy atom. The zero-order valence-corrected chi connectivity index (χ0v) is 11.9. The second-order valence-corrected chi connectivity index (χ2v) is 4.51. The number of hydrogen-bond acceptors (Lipinski definition) is 4. The number of benzene rings is 2. The molecule has 0 N–H and O–H groups in total. The highest BCUT2D eigenvalue weighted by molar-refractivity contribution is 5.94. The number of azide groups is 1. The fourth-order valence-electron chi connectivity index (χ4n) is 1.87. The molecule has 0 saturated heterocycles. The molecule has 7 nitrogen and oxygen atoms in total. The molecule has 114 valence electrons. The summed E-state index contributed by atoms with van der Waals surface area (Å²) in [4.78, 5) is 35.5. The Morgan fingerprint density at radius 3 is 2.48 bits per heavy atom. The molecule has 0 heterocycles. The second-order valence-electron chi connectivity index (χ2n) is 4.51. The number of carbonyl (C=O) groups is 3. The predicted octanol–water partition coefficient (Wildman–Crippen LogP) is 3.34. The first kappa shape index (κ1) is 15.9. The van der Waals surface area contributed by atoms with E-state index in [2.05, 4.69) is 10.0 Å². The van der Waals surface area contributed by atoms with Crippen LogP contribution in [0, 0.1) is 0 Å². The predicted molar refractivity (Wildman–Crippen MR) is 81.5 cm³/mol. The topological polar surface area (TPSA) is 109 Å². The molecule has 7 heteroatoms. The average Bonchev–Trinajstić information content (AvgIpc) is 2.60. The van der Waals surface area contributed by atoms with Crippen molar-refractivity contribution in [3.8, 4) is 5.75 Å². The molecule has 0 aromatic heterocycles. The molecule has 23 heavy (non-hydrogen) atoms. The first-order chi connectivity index (χ1) is 11.2. The van der Waals surface area contributed by atoms with E-state index < -0.39 is 5.91 Å². The smallest absolute Gasteiger partial charge is 0.249 e. The molecule has 1 amide bonds. The van der Waals surface area contributed by atoms with Crippen LogP contribution in [0.4, 0.5) is 0 Å². The minimum atomic E-state index is -0.660. The van der Waals surface area contributed by atoms with Crippen molar-refractivity contribution in [3.05, 3.63) is 75.2 Å². The van der Waals surface area contributed by atoms with E-state index in [0.717, 1.165) is 5.56 Å². The van der Waals surface area contributed by atoms with Crippen LogP contribution in [0.3, 0.4) is 0 Å². The maximum absolute atomic E-state index is 11.4. The third-order valence-electron chi connectivity index (χ3n) is 3.03. The fourth-order valence-corrected chi connectivity index (χ4v) is 1.87. The molecule has 2 aromatic carbocycles. The van der Waals surface area contributed by atoms with Gasteiger partial charge < -0.3 is 4.74 Å². The average molecular weight is 309 g/mol. The molecule has 0 bridgehead atoms. The molecular formula is C16H11N3O4. The quantitative estimate of drug-likeness (QED) is 0.352. The van der Waals surface area contributed by atoms with Gasteiger partial charge in [-0.05, 0) is 34.4 Å². The Hall–Kier alpha value is -3.44. The van der Waals surface area contributed by atoms with Crippen LogP contribution >= 0.6 is 0 Å². The Morgan fingerprint density at radius 1 is 1.13 bits per heavy atom. The van der Waals surface area contributed by atoms with Crippen molar-refractivity contribution in [1.29, 1.82) is 0 Å². The summed E-state index contributed by atoms with van der Waals surface area (Å²) >= 11 is 0. The minimum absolute atomic E-state index is 0.178. The van der Waals surface area contributed by atoms with Gasteiger partial charge >= 0.3 is 0 Å². The highest BCUT2D eigenvalue weighted by atomic mass is 16.5. The van der Waals surface area contributed by atoms with Gasteiger partial charge in [-0.25, -0.2) is 0 Å². The zero-order chi connectivity index (χ0) is 16.7. The molecule has 2 aromatic rings. The summed E-state index contributed by atoms with van der Waals surface area (Å²) in [5.74, 6) is -0.299. The molecule has 0 fully saturated rings. The molecule has 0 unspecified atom stereocenters. The molecule has 2 rings (SSSR count). The SMILES string of the molecule is [N-]=[N+]=NC(=O)c1ccc(COc2ccc(C=O)cc2C=O)cc1. The van der Waals surface area contributed by atoms with Crippen molar-refractivity contribution < 1.29 is 19.1 Å². The summed E-state index contributed by atoms with van der Waals surface area (Å²) in [7, 11) is 0. The molecule has 0 aliphatic rings. The van der Waals surface area contributed by atoms with E-state index in [1.165, 1.54) is 18.2 Å². The third kappa shape index (κ3) is 4.03. The monoisotopic (exact) mass is 309 g/mol. The summed E-state index contributed by atoms with van der Waals surface area (Å²) in [6.07, 6.45) is 1.26. The van der Waals surface area contributed by atoms with Gasteiger partial charge in [0.05, 0.1) is 5.56 Å². The van der Waals surface area contributed by atoms with Gasteiger partial charge in [0.15, 0.2) is 6.29 Å². The largest absolute Gasteiger partial charge is 0.488 e. The van der Waals surface area contributed by atoms with Crippen LogP contribution in [-0.4, -0.2) is 18.5 Å². The molecule has 0 atom stereocenters. The maximum atomic E-state index is 11.4. The van der Waals surface area contributed by atoms with Gasteiger partial charge in [0, 0.05) is 16.0 Å². The highest BCUT2D eigenvalue weighted by Gasteiger charge is 2.06. The van der Waals surface area contributed by atoms with Crippen LogP contribution in [0.1, 0.15) is 36.6 Å². The van der Waals surface area contributed by atoms with Crippen molar-refractivity contribution >= 4 is 18.5 Å². The second kappa shape index (κ2) is 7.53. The van der Waals surface area contributed by atoms with Gasteiger partial charge in [-0.3, -0.25) is 14.4 Å². The van der Waals surface area contributed by atoms with Crippen molar-refractivity contribution in [2.75, 3.05) is 0 Å². The molecule has 0 spiro atoms. The van der Waals surface area contributed by atoms with Crippen molar-refractivity contribution in [1.82, 2.24) is 0 Å². The number of ether oxygens (including phenoxy) is 1. The van der Waals surface area contributed by atoms with Gasteiger partial charge in [-0.15, -0.1) is 0 Å². The zero-order valence-electron chi connectivity index (χ0n) is 11.9. The third-order valence-corrected chi connectivity index (χ3v) is 3.03. The van der Waals surface area contributed by atoms with Gasteiger partial charge in [-0.2, -0.15) is 0 Å². The van der Waals surface area contributed by atoms with E-state index in [1.54, 1.807) is 24.3 Å². The molecule has 0 radical (unpaired) electrons. The van der Waals surface area contributed by atoms with Gasteiger partial charge in [0.2, 0.25) is 5.91 Å². The lowest BCUT2D eigenvalue weighted by Crippen LogP contribution is -2.00. The maximum Gasteiger partial charge on any atom is 0.249 e. The van der Waals surface area contributed by atoms with E-state index in [1.807, 2.05) is 0 Å². The van der Waals surface area contributed by atoms with Crippen LogP contribution < -0.4 is 4.74 Å². The lowest BCUT2D eigenvalue weighted by atomic mass is 10.1. The first-order valence-electron chi connectivity index (χ1n) is 6.53. The van der Waals surface area contributed by atoms with Crippen molar-refractivity contribution in [2.45, 2.75) is 6.61 Å². The van der Waals surface area contributed by atoms with E-state index in [-0.39, 0.29) is 17.7 Å². The van der Waals surface area contributed by atoms with E-state index in [0.29, 0.717) is 23.9 Å². The molecule has 0 aliphatic heterocycles. The van der Waals surface area contributed by atoms with Gasteiger partial charge in [0.25, 0.3) is 0 Å². The minimum Gasteiger partial charge on any atom is -0.488 e. The van der Waals surface area contributed by atoms with Gasteiger partial charge in [0.1, 0.15) is 18.6 Å². The standard InChI is InChI=1S/C16H11N3O4/c17-19-18-16(22)13-4-1-11(2-5-13)10-23-15-6-3-12(8-20)7-14(15)9-21/h1-9H,10H2. The summed E-state index contributed by atoms with van der Waals surface area (Å²) in [6, 6.07) is 10.9. The first-order valence-corrected chi connectivity index (χ1v) is 6.53. The highest BCUT2D eigenvalue weighted by Crippen LogP contribution is 2.19. The Balaban J connectivity index is 2.09. The number of rotatable bonds is 6. The van der Waals surface area contributed by atoms with Crippen LogP contribution in [0.5, 0.6) is 5.75 Å². The van der Waals surface area contributed by atoms with Crippen molar-refractivity contribution in [3.63, 3.8) is 0 Å². The number of carbonyl (C=O) groups excluding carboxylic acids is 3. The number of hydrogen-bond donors (Lipinski definition) is 0. The number of aldehydes is 2. The summed E-state index contributed by atoms with van der Waals surface area (Å²) < 4.78 is 5.55. The number of nitrogens with zero attached hydrogens (tertiary/aromatic N) is 3. The lowest BCUT2D eigenvalue weighted by molar-refractivity contribution is 0.0999. The van der Waals surface area contributed by atoms with E-state index in [9.17, 15) is 14.4 Å². The molecule has 0 saturated carbocycles. The van der Waals surface area contributed by atoms with Crippen LogP contribution in [0.25, 0.3) is 10.4 Å². The Bertz CT molecular complexity index is 793. The van der Waals surface area contributed by atoms with E-state index in [4.69, 9.17) is 10.3 Å². The van der Waals surface area contributed by atoms with Gasteiger partial charge in [-0.1, -0.05) is 24.3 Å². The molecule has 0 aliphatic carbocycles. The van der Waals surface area contributed by atoms with Crippen LogP contribution in [0.15, 0.2) is 47.6 Å². The Labute approximate surface area is 131 Å². The summed E-state index contributed by atoms with van der Waals surface area (Å²) in [5.41, 5.74) is 9.92. The number of amides is 1. The normalized spacial score (nSPS) is 9.57. The Kier molecular flexibility index (Phi) is 5.22. The van der Waals surface area contributed by atoms with Crippen LogP contribution in [-0.2, 0) is 6.61 Å². The van der Waals surface area contributed by atoms with E-state index >= 15 is 0 Å². The summed E-state index contributed by atoms with van der Waals surface area (Å²) in [6.45, 7) is 0.178. The summed E-state index contributed by atoms with van der Waals surface area (Å²) in [5, 5.41) is 3.00. The fraction of sp³-hybridized carbons (Fsp3) is 0.0625. The van der Waals surface area contributed by atoms with Crippen LogP contribution in [0.2, 0.25) is 0 Å². The molecular weight excluding hydrogens is 298 g/mol.